The molecule has 1 fully saturated rings. The number of benzene rings is 2. The molecule has 9 heteroatoms. The normalized spacial score (nSPS) is 17.1. The number of piperidine rings is 1. The number of hydrogen-bond acceptors (Lipinski definition) is 5. The van der Waals surface area contributed by atoms with Crippen LogP contribution >= 0.6 is 0 Å². The predicted molar refractivity (Wildman–Crippen MR) is 124 cm³/mol. The van der Waals surface area contributed by atoms with E-state index in [1.54, 1.807) is 0 Å². The number of carboxylic acid groups (broad SMARTS) is 1. The molecule has 0 unspecified atom stereocenters. The van der Waals surface area contributed by atoms with Gasteiger partial charge in [-0.1, -0.05) is 48.5 Å². The number of hydrogen-bond donors (Lipinski definition) is 3. The zero-order chi connectivity index (χ0) is 23.7. The molecule has 1 atom stereocenters. The molecule has 174 valence electrons. The molecule has 0 spiro atoms. The SMILES string of the molecule is O=C(Nc1cc(C(=O)N2CCC[C@H](C(=O)O)C2)[nH]n1)OCC1c2ccccc2-c2ccccc21. The smallest absolute Gasteiger partial charge is 0.412 e. The van der Waals surface area contributed by atoms with Crippen molar-refractivity contribution in [2.75, 3.05) is 25.0 Å². The second kappa shape index (κ2) is 9.01. The molecule has 0 bridgehead atoms. The van der Waals surface area contributed by atoms with Crippen LogP contribution in [0.2, 0.25) is 0 Å². The number of carboxylic acids is 1. The third-order valence-electron chi connectivity index (χ3n) is 6.44. The highest BCUT2D eigenvalue weighted by Gasteiger charge is 2.30. The summed E-state index contributed by atoms with van der Waals surface area (Å²) in [7, 11) is 0. The van der Waals surface area contributed by atoms with Crippen LogP contribution in [0, 0.1) is 5.92 Å². The molecule has 0 saturated carbocycles. The Hall–Kier alpha value is -4.14. The first-order valence-electron chi connectivity index (χ1n) is 11.2. The van der Waals surface area contributed by atoms with Gasteiger partial charge in [0, 0.05) is 25.1 Å². The summed E-state index contributed by atoms with van der Waals surface area (Å²) in [6, 6.07) is 17.6. The predicted octanol–water partition coefficient (Wildman–Crippen LogP) is 3.71. The summed E-state index contributed by atoms with van der Waals surface area (Å²) in [5.41, 5.74) is 4.70. The number of anilines is 1. The monoisotopic (exact) mass is 460 g/mol. The van der Waals surface area contributed by atoms with Gasteiger partial charge in [0.15, 0.2) is 5.82 Å². The van der Waals surface area contributed by atoms with Crippen LogP contribution in [-0.4, -0.2) is 57.9 Å². The minimum Gasteiger partial charge on any atom is -0.481 e. The van der Waals surface area contributed by atoms with Gasteiger partial charge in [-0.05, 0) is 35.1 Å². The van der Waals surface area contributed by atoms with Crippen LogP contribution in [0.3, 0.4) is 0 Å². The van der Waals surface area contributed by atoms with E-state index < -0.39 is 18.0 Å². The van der Waals surface area contributed by atoms with Gasteiger partial charge in [-0.25, -0.2) is 4.79 Å². The lowest BCUT2D eigenvalue weighted by Gasteiger charge is -2.30. The van der Waals surface area contributed by atoms with Gasteiger partial charge in [-0.3, -0.25) is 20.0 Å². The van der Waals surface area contributed by atoms with Gasteiger partial charge in [0.1, 0.15) is 12.3 Å². The number of carbonyl (C=O) groups excluding carboxylic acids is 2. The van der Waals surface area contributed by atoms with Crippen LogP contribution in [0.5, 0.6) is 0 Å². The molecule has 2 aliphatic rings. The number of ether oxygens (including phenoxy) is 1. The average Bonchev–Trinajstić information content (AvgIpc) is 3.45. The highest BCUT2D eigenvalue weighted by molar-refractivity contribution is 5.94. The summed E-state index contributed by atoms with van der Waals surface area (Å²) in [5, 5.41) is 18.4. The number of rotatable bonds is 5. The number of nitrogens with one attached hydrogen (secondary N) is 2. The van der Waals surface area contributed by atoms with Crippen LogP contribution in [-0.2, 0) is 9.53 Å². The fourth-order valence-electron chi connectivity index (χ4n) is 4.77. The van der Waals surface area contributed by atoms with Crippen molar-refractivity contribution in [2.45, 2.75) is 18.8 Å². The van der Waals surface area contributed by atoms with Gasteiger partial charge < -0.3 is 14.7 Å². The Balaban J connectivity index is 1.20. The van der Waals surface area contributed by atoms with E-state index in [0.717, 1.165) is 22.3 Å². The number of amides is 2. The first kappa shape index (κ1) is 21.7. The second-order valence-electron chi connectivity index (χ2n) is 8.55. The summed E-state index contributed by atoms with van der Waals surface area (Å²) >= 11 is 0. The van der Waals surface area contributed by atoms with E-state index >= 15 is 0 Å². The molecule has 1 saturated heterocycles. The number of likely N-dealkylation sites (tertiary alicyclic amines) is 1. The van der Waals surface area contributed by atoms with E-state index in [9.17, 15) is 19.5 Å². The van der Waals surface area contributed by atoms with Crippen molar-refractivity contribution in [3.63, 3.8) is 0 Å². The van der Waals surface area contributed by atoms with Crippen LogP contribution in [0.25, 0.3) is 11.1 Å². The summed E-state index contributed by atoms with van der Waals surface area (Å²) < 4.78 is 5.51. The van der Waals surface area contributed by atoms with Crippen molar-refractivity contribution in [1.29, 1.82) is 0 Å². The minimum absolute atomic E-state index is 0.0595. The molecule has 3 N–H and O–H groups in total. The van der Waals surface area contributed by atoms with E-state index in [0.29, 0.717) is 19.4 Å². The summed E-state index contributed by atoms with van der Waals surface area (Å²) in [4.78, 5) is 37.9. The van der Waals surface area contributed by atoms with Crippen molar-refractivity contribution in [3.8, 4) is 11.1 Å². The number of aliphatic carboxylic acids is 1. The second-order valence-corrected chi connectivity index (χ2v) is 8.55. The van der Waals surface area contributed by atoms with Crippen molar-refractivity contribution in [2.24, 2.45) is 5.92 Å². The van der Waals surface area contributed by atoms with Crippen molar-refractivity contribution >= 4 is 23.8 Å². The molecule has 2 amide bonds. The number of aromatic amines is 1. The summed E-state index contributed by atoms with van der Waals surface area (Å²) in [6.07, 6.45) is 0.509. The number of nitrogens with zero attached hydrogens (tertiary/aromatic N) is 2. The number of carbonyl (C=O) groups is 3. The molecular formula is C25H24N4O5. The quantitative estimate of drug-likeness (QED) is 0.533. The molecule has 1 aromatic heterocycles. The molecule has 2 aromatic carbocycles. The Morgan fingerprint density at radius 2 is 1.76 bits per heavy atom. The molecule has 1 aliphatic carbocycles. The standard InChI is InChI=1S/C25H24N4O5/c30-23(29-11-5-6-15(13-29)24(31)32)21-12-22(28-27-21)26-25(33)34-14-20-18-9-3-1-7-16(18)17-8-2-4-10-19(17)20/h1-4,7-10,12,15,20H,5-6,11,13-14H2,(H,31,32)(H2,26,27,28,33)/t15-/m0/s1. The third-order valence-corrected chi connectivity index (χ3v) is 6.44. The molecule has 5 rings (SSSR count). The molecule has 1 aliphatic heterocycles. The molecule has 0 radical (unpaired) electrons. The van der Waals surface area contributed by atoms with Crippen LogP contribution < -0.4 is 5.32 Å². The Morgan fingerprint density at radius 3 is 2.44 bits per heavy atom. The van der Waals surface area contributed by atoms with Crippen molar-refractivity contribution in [1.82, 2.24) is 15.1 Å². The number of fused-ring (bicyclic) bond motifs is 3. The van der Waals surface area contributed by atoms with Gasteiger partial charge >= 0.3 is 12.1 Å². The van der Waals surface area contributed by atoms with Crippen LogP contribution in [0.1, 0.15) is 40.4 Å². The lowest BCUT2D eigenvalue weighted by Crippen LogP contribution is -2.42. The van der Waals surface area contributed by atoms with E-state index in [4.69, 9.17) is 4.74 Å². The Labute approximate surface area is 195 Å². The van der Waals surface area contributed by atoms with Crippen LogP contribution in [0.15, 0.2) is 54.6 Å². The number of H-pyrrole nitrogens is 1. The van der Waals surface area contributed by atoms with Crippen molar-refractivity contribution < 1.29 is 24.2 Å². The molecule has 34 heavy (non-hydrogen) atoms. The minimum atomic E-state index is -0.903. The van der Waals surface area contributed by atoms with E-state index in [-0.39, 0.29) is 36.5 Å². The maximum absolute atomic E-state index is 12.7. The fourth-order valence-corrected chi connectivity index (χ4v) is 4.77. The van der Waals surface area contributed by atoms with Crippen molar-refractivity contribution in [3.05, 3.63) is 71.4 Å². The third kappa shape index (κ3) is 4.12. The van der Waals surface area contributed by atoms with E-state index in [1.165, 1.54) is 11.0 Å². The first-order valence-corrected chi connectivity index (χ1v) is 11.2. The largest absolute Gasteiger partial charge is 0.481 e. The molecule has 2 heterocycles. The lowest BCUT2D eigenvalue weighted by atomic mass is 9.98. The Morgan fingerprint density at radius 1 is 1.09 bits per heavy atom. The van der Waals surface area contributed by atoms with Gasteiger partial charge in [0.05, 0.1) is 5.92 Å². The molecular weight excluding hydrogens is 436 g/mol. The Kier molecular flexibility index (Phi) is 5.75. The first-order chi connectivity index (χ1) is 16.5. The summed E-state index contributed by atoms with van der Waals surface area (Å²) in [5.74, 6) is -1.72. The zero-order valence-corrected chi connectivity index (χ0v) is 18.4. The highest BCUT2D eigenvalue weighted by Crippen LogP contribution is 2.44. The lowest BCUT2D eigenvalue weighted by molar-refractivity contribution is -0.143. The average molecular weight is 460 g/mol. The van der Waals surface area contributed by atoms with Gasteiger partial charge in [-0.2, -0.15) is 5.10 Å². The number of aromatic nitrogens is 2. The highest BCUT2D eigenvalue weighted by atomic mass is 16.5. The topological polar surface area (TPSA) is 125 Å². The van der Waals surface area contributed by atoms with Gasteiger partial charge in [0.2, 0.25) is 0 Å². The Bertz CT molecular complexity index is 1210. The van der Waals surface area contributed by atoms with Crippen LogP contribution in [0.4, 0.5) is 10.6 Å². The zero-order valence-electron chi connectivity index (χ0n) is 18.4. The van der Waals surface area contributed by atoms with E-state index in [2.05, 4.69) is 27.6 Å². The van der Waals surface area contributed by atoms with Gasteiger partial charge in [0.25, 0.3) is 5.91 Å². The molecule has 9 nitrogen and oxygen atoms in total. The maximum atomic E-state index is 12.7. The van der Waals surface area contributed by atoms with Gasteiger partial charge in [-0.15, -0.1) is 0 Å². The maximum Gasteiger partial charge on any atom is 0.412 e. The summed E-state index contributed by atoms with van der Waals surface area (Å²) in [6.45, 7) is 0.805. The molecule has 3 aromatic rings. The van der Waals surface area contributed by atoms with E-state index in [1.807, 2.05) is 36.4 Å². The fraction of sp³-hybridized carbons (Fsp3) is 0.280.